The summed E-state index contributed by atoms with van der Waals surface area (Å²) in [5.41, 5.74) is 1.60. The monoisotopic (exact) mass is 574 g/mol. The minimum absolute atomic E-state index is 0.0344. The van der Waals surface area contributed by atoms with Crippen molar-refractivity contribution in [3.63, 3.8) is 0 Å². The lowest BCUT2D eigenvalue weighted by molar-refractivity contribution is 0.596. The molecular formula is C24H12Cl6O2S. The molecule has 0 saturated heterocycles. The van der Waals surface area contributed by atoms with Crippen molar-refractivity contribution in [1.82, 2.24) is 0 Å². The van der Waals surface area contributed by atoms with Gasteiger partial charge in [0.2, 0.25) is 9.84 Å². The van der Waals surface area contributed by atoms with Crippen LogP contribution in [0.25, 0.3) is 22.3 Å². The van der Waals surface area contributed by atoms with Crippen LogP contribution in [0.4, 0.5) is 0 Å². The SMILES string of the molecule is O=S(=O)(c1ccc(Cl)c(Cl)c1-c1ccc(Cl)cc1)c1ccc(Cl)c(Cl)c1-c1ccc(Cl)cc1. The van der Waals surface area contributed by atoms with E-state index in [0.29, 0.717) is 21.2 Å². The van der Waals surface area contributed by atoms with Crippen LogP contribution in [0.1, 0.15) is 0 Å². The maximum Gasteiger partial charge on any atom is 0.207 e. The molecular weight excluding hydrogens is 565 g/mol. The first-order valence-electron chi connectivity index (χ1n) is 9.34. The molecule has 0 spiro atoms. The maximum atomic E-state index is 14.0. The molecule has 9 heteroatoms. The summed E-state index contributed by atoms with van der Waals surface area (Å²) < 4.78 is 28.1. The molecule has 0 amide bonds. The van der Waals surface area contributed by atoms with E-state index in [4.69, 9.17) is 69.6 Å². The number of sulfone groups is 1. The van der Waals surface area contributed by atoms with E-state index in [9.17, 15) is 8.42 Å². The smallest absolute Gasteiger partial charge is 0.207 e. The Bertz CT molecular complexity index is 1360. The Morgan fingerprint density at radius 1 is 0.455 bits per heavy atom. The van der Waals surface area contributed by atoms with Crippen molar-refractivity contribution in [2.24, 2.45) is 0 Å². The molecule has 168 valence electrons. The molecule has 33 heavy (non-hydrogen) atoms. The molecule has 0 heterocycles. The average Bonchev–Trinajstić information content (AvgIpc) is 2.78. The van der Waals surface area contributed by atoms with Crippen molar-refractivity contribution in [3.05, 3.63) is 103 Å². The van der Waals surface area contributed by atoms with Crippen LogP contribution in [0.2, 0.25) is 30.1 Å². The van der Waals surface area contributed by atoms with E-state index in [2.05, 4.69) is 0 Å². The first-order valence-corrected chi connectivity index (χ1v) is 13.1. The minimum atomic E-state index is -4.15. The van der Waals surface area contributed by atoms with Gasteiger partial charge in [0.05, 0.1) is 29.9 Å². The number of hydrogen-bond acceptors (Lipinski definition) is 2. The molecule has 0 aliphatic rings. The molecule has 4 aromatic rings. The summed E-state index contributed by atoms with van der Waals surface area (Å²) in [7, 11) is -4.15. The third-order valence-electron chi connectivity index (χ3n) is 4.96. The Labute approximate surface area is 221 Å². The van der Waals surface area contributed by atoms with Gasteiger partial charge in [-0.2, -0.15) is 0 Å². The standard InChI is InChI=1S/C24H12Cl6O2S/c25-15-5-1-13(2-6-15)21-19(11-9-17(27)23(21)29)33(31,32)20-12-10-18(28)24(30)22(20)14-3-7-16(26)8-4-14/h1-12H. The molecule has 0 N–H and O–H groups in total. The average molecular weight is 577 g/mol. The number of benzene rings is 4. The zero-order valence-corrected chi connectivity index (χ0v) is 21.8. The van der Waals surface area contributed by atoms with Crippen LogP contribution in [0.15, 0.2) is 82.6 Å². The number of hydrogen-bond donors (Lipinski definition) is 0. The van der Waals surface area contributed by atoms with Gasteiger partial charge < -0.3 is 0 Å². The van der Waals surface area contributed by atoms with Crippen LogP contribution in [0.3, 0.4) is 0 Å². The van der Waals surface area contributed by atoms with Crippen molar-refractivity contribution in [2.75, 3.05) is 0 Å². The van der Waals surface area contributed by atoms with E-state index in [1.807, 2.05) is 0 Å². The molecule has 0 atom stereocenters. The first kappa shape index (κ1) is 24.7. The Morgan fingerprint density at radius 2 is 0.788 bits per heavy atom. The summed E-state index contributed by atoms with van der Waals surface area (Å²) in [5, 5.41) is 1.63. The highest BCUT2D eigenvalue weighted by Crippen LogP contribution is 2.45. The van der Waals surface area contributed by atoms with Gasteiger partial charge >= 0.3 is 0 Å². The van der Waals surface area contributed by atoms with Gasteiger partial charge in [-0.3, -0.25) is 0 Å². The second kappa shape index (κ2) is 9.67. The van der Waals surface area contributed by atoms with Gasteiger partial charge in [0.15, 0.2) is 0 Å². The summed E-state index contributed by atoms with van der Waals surface area (Å²) in [5.74, 6) is 0. The third kappa shape index (κ3) is 4.74. The fourth-order valence-electron chi connectivity index (χ4n) is 3.40. The maximum absolute atomic E-state index is 14.0. The van der Waals surface area contributed by atoms with Crippen LogP contribution in [0, 0.1) is 0 Å². The van der Waals surface area contributed by atoms with Crippen LogP contribution < -0.4 is 0 Å². The van der Waals surface area contributed by atoms with Crippen molar-refractivity contribution < 1.29 is 8.42 Å². The summed E-state index contributed by atoms with van der Waals surface area (Å²) >= 11 is 37.5. The fourth-order valence-corrected chi connectivity index (χ4v) is 6.34. The molecule has 4 aromatic carbocycles. The van der Waals surface area contributed by atoms with Gasteiger partial charge in [-0.05, 0) is 59.7 Å². The van der Waals surface area contributed by atoms with E-state index in [1.54, 1.807) is 48.5 Å². The fraction of sp³-hybridized carbons (Fsp3) is 0. The largest absolute Gasteiger partial charge is 0.218 e. The van der Waals surface area contributed by atoms with Crippen molar-refractivity contribution in [2.45, 2.75) is 9.79 Å². The second-order valence-electron chi connectivity index (χ2n) is 6.99. The van der Waals surface area contributed by atoms with Crippen LogP contribution >= 0.6 is 69.6 Å². The summed E-state index contributed by atoms with van der Waals surface area (Å²) in [6, 6.07) is 19.0. The molecule has 0 aliphatic heterocycles. The molecule has 2 nitrogen and oxygen atoms in total. The second-order valence-corrected chi connectivity index (χ2v) is 11.3. The molecule has 0 bridgehead atoms. The van der Waals surface area contributed by atoms with Gasteiger partial charge in [0, 0.05) is 21.2 Å². The summed E-state index contributed by atoms with van der Waals surface area (Å²) in [6.07, 6.45) is 0. The quantitative estimate of drug-likeness (QED) is 0.242. The van der Waals surface area contributed by atoms with Gasteiger partial charge in [0.1, 0.15) is 0 Å². The predicted octanol–water partition coefficient (Wildman–Crippen LogP) is 9.77. The number of halogens is 6. The summed E-state index contributed by atoms with van der Waals surface area (Å²) in [6.45, 7) is 0. The Balaban J connectivity index is 2.03. The summed E-state index contributed by atoms with van der Waals surface area (Å²) in [4.78, 5) is -0.0688. The van der Waals surface area contributed by atoms with Gasteiger partial charge in [-0.25, -0.2) is 8.42 Å². The van der Waals surface area contributed by atoms with Gasteiger partial charge in [-0.15, -0.1) is 0 Å². The zero-order valence-electron chi connectivity index (χ0n) is 16.4. The molecule has 0 fully saturated rings. The Morgan fingerprint density at radius 3 is 1.12 bits per heavy atom. The first-order chi connectivity index (χ1) is 15.6. The molecule has 0 aliphatic carbocycles. The van der Waals surface area contributed by atoms with Gasteiger partial charge in [-0.1, -0.05) is 93.9 Å². The van der Waals surface area contributed by atoms with Crippen molar-refractivity contribution >= 4 is 79.4 Å². The number of rotatable bonds is 4. The lowest BCUT2D eigenvalue weighted by atomic mass is 10.1. The van der Waals surface area contributed by atoms with Crippen molar-refractivity contribution in [1.29, 1.82) is 0 Å². The lowest BCUT2D eigenvalue weighted by Crippen LogP contribution is -2.07. The predicted molar refractivity (Wildman–Crippen MR) is 139 cm³/mol. The van der Waals surface area contributed by atoms with Gasteiger partial charge in [0.25, 0.3) is 0 Å². The highest BCUT2D eigenvalue weighted by molar-refractivity contribution is 7.91. The van der Waals surface area contributed by atoms with Crippen LogP contribution in [-0.2, 0) is 9.84 Å². The molecule has 4 rings (SSSR count). The van der Waals surface area contributed by atoms with Crippen LogP contribution in [0.5, 0.6) is 0 Å². The Hall–Kier alpha value is -1.43. The third-order valence-corrected chi connectivity index (χ3v) is 8.91. The zero-order chi connectivity index (χ0) is 23.9. The van der Waals surface area contributed by atoms with E-state index < -0.39 is 9.84 Å². The van der Waals surface area contributed by atoms with Crippen molar-refractivity contribution in [3.8, 4) is 22.3 Å². The minimum Gasteiger partial charge on any atom is -0.218 e. The van der Waals surface area contributed by atoms with E-state index >= 15 is 0 Å². The topological polar surface area (TPSA) is 34.1 Å². The van der Waals surface area contributed by atoms with E-state index in [1.165, 1.54) is 24.3 Å². The van der Waals surface area contributed by atoms with Crippen LogP contribution in [-0.4, -0.2) is 8.42 Å². The normalized spacial score (nSPS) is 11.6. The Kier molecular flexibility index (Phi) is 7.24. The lowest BCUT2D eigenvalue weighted by Gasteiger charge is -2.17. The molecule has 0 saturated carbocycles. The molecule has 0 unspecified atom stereocenters. The van der Waals surface area contributed by atoms with E-state index in [-0.39, 0.29) is 41.0 Å². The molecule has 0 radical (unpaired) electrons. The van der Waals surface area contributed by atoms with E-state index in [0.717, 1.165) is 0 Å². The highest BCUT2D eigenvalue weighted by Gasteiger charge is 2.29. The molecule has 0 aromatic heterocycles. The highest BCUT2D eigenvalue weighted by atomic mass is 35.5.